The van der Waals surface area contributed by atoms with Gasteiger partial charge in [0.05, 0.1) is 13.5 Å². The lowest BCUT2D eigenvalue weighted by molar-refractivity contribution is -0.137. The molecular weight excluding hydrogens is 234 g/mol. The maximum Gasteiger partial charge on any atom is 0.304 e. The number of hydrogen-bond donors (Lipinski definition) is 2. The quantitative estimate of drug-likeness (QED) is 0.774. The number of methoxy groups -OCH3 is 1. The second kappa shape index (κ2) is 6.86. The molecule has 1 aromatic carbocycles. The molecule has 18 heavy (non-hydrogen) atoms. The molecule has 0 aliphatic rings. The van der Waals surface area contributed by atoms with E-state index in [0.29, 0.717) is 18.8 Å². The second-order valence-corrected chi connectivity index (χ2v) is 4.01. The van der Waals surface area contributed by atoms with Crippen LogP contribution >= 0.6 is 0 Å². The molecule has 0 heterocycles. The summed E-state index contributed by atoms with van der Waals surface area (Å²) in [6, 6.07) is 5.12. The Morgan fingerprint density at radius 3 is 2.67 bits per heavy atom. The van der Waals surface area contributed by atoms with Crippen molar-refractivity contribution in [2.45, 2.75) is 19.9 Å². The topological polar surface area (TPSA) is 70.0 Å². The summed E-state index contributed by atoms with van der Waals surface area (Å²) in [5, 5.41) is 18.5. The fourth-order valence-electron chi connectivity index (χ4n) is 1.65. The predicted molar refractivity (Wildman–Crippen MR) is 67.9 cm³/mol. The number of rotatable bonds is 7. The van der Waals surface area contributed by atoms with Gasteiger partial charge in [-0.05, 0) is 12.6 Å². The summed E-state index contributed by atoms with van der Waals surface area (Å²) in [6.07, 6.45) is 0.102. The number of nitrogens with zero attached hydrogens (tertiary/aromatic N) is 1. The minimum atomic E-state index is -0.813. The van der Waals surface area contributed by atoms with Crippen LogP contribution in [0.4, 0.5) is 0 Å². The lowest BCUT2D eigenvalue weighted by Crippen LogP contribution is -2.25. The Bertz CT molecular complexity index is 406. The van der Waals surface area contributed by atoms with E-state index in [-0.39, 0.29) is 12.2 Å². The molecule has 0 saturated carbocycles. The van der Waals surface area contributed by atoms with Crippen molar-refractivity contribution < 1.29 is 19.7 Å². The van der Waals surface area contributed by atoms with Crippen LogP contribution in [0, 0.1) is 0 Å². The third-order valence-corrected chi connectivity index (χ3v) is 2.78. The molecule has 0 bridgehead atoms. The molecule has 2 N–H and O–H groups in total. The summed E-state index contributed by atoms with van der Waals surface area (Å²) in [6.45, 7) is 3.69. The Kier molecular flexibility index (Phi) is 5.45. The van der Waals surface area contributed by atoms with E-state index < -0.39 is 5.97 Å². The fraction of sp³-hybridized carbons (Fsp3) is 0.462. The second-order valence-electron chi connectivity index (χ2n) is 4.01. The molecule has 0 atom stereocenters. The number of carboxylic acids is 1. The molecule has 0 amide bonds. The van der Waals surface area contributed by atoms with Gasteiger partial charge in [0.2, 0.25) is 0 Å². The van der Waals surface area contributed by atoms with Gasteiger partial charge < -0.3 is 14.9 Å². The SMILES string of the molecule is CCN(CCC(=O)O)Cc1ccc(OC)cc1O. The van der Waals surface area contributed by atoms with Gasteiger partial charge in [-0.25, -0.2) is 0 Å². The van der Waals surface area contributed by atoms with Crippen LogP contribution in [0.1, 0.15) is 18.9 Å². The highest BCUT2D eigenvalue weighted by molar-refractivity contribution is 5.66. The average molecular weight is 253 g/mol. The highest BCUT2D eigenvalue weighted by atomic mass is 16.5. The third kappa shape index (κ3) is 4.25. The Hall–Kier alpha value is -1.75. The zero-order valence-corrected chi connectivity index (χ0v) is 10.7. The lowest BCUT2D eigenvalue weighted by Gasteiger charge is -2.20. The number of hydrogen-bond acceptors (Lipinski definition) is 4. The molecular formula is C13H19NO4. The first kappa shape index (κ1) is 14.3. The smallest absolute Gasteiger partial charge is 0.304 e. The van der Waals surface area contributed by atoms with Gasteiger partial charge in [-0.2, -0.15) is 0 Å². The summed E-state index contributed by atoms with van der Waals surface area (Å²) in [4.78, 5) is 12.5. The third-order valence-electron chi connectivity index (χ3n) is 2.78. The highest BCUT2D eigenvalue weighted by Gasteiger charge is 2.09. The number of carboxylic acid groups (broad SMARTS) is 1. The van der Waals surface area contributed by atoms with Crippen LogP contribution in [0.15, 0.2) is 18.2 Å². The predicted octanol–water partition coefficient (Wildman–Crippen LogP) is 1.70. The number of aromatic hydroxyl groups is 1. The van der Waals surface area contributed by atoms with E-state index in [2.05, 4.69) is 0 Å². The van der Waals surface area contributed by atoms with Crippen LogP contribution in [0.25, 0.3) is 0 Å². The van der Waals surface area contributed by atoms with E-state index in [0.717, 1.165) is 12.1 Å². The van der Waals surface area contributed by atoms with Crippen molar-refractivity contribution in [2.75, 3.05) is 20.2 Å². The van der Waals surface area contributed by atoms with E-state index in [1.165, 1.54) is 0 Å². The molecule has 5 nitrogen and oxygen atoms in total. The van der Waals surface area contributed by atoms with E-state index in [1.54, 1.807) is 25.3 Å². The first-order valence-electron chi connectivity index (χ1n) is 5.86. The molecule has 0 saturated heterocycles. The Morgan fingerprint density at radius 1 is 1.44 bits per heavy atom. The van der Waals surface area contributed by atoms with E-state index in [1.807, 2.05) is 11.8 Å². The number of phenolic OH excluding ortho intramolecular Hbond substituents is 1. The van der Waals surface area contributed by atoms with Gasteiger partial charge in [0, 0.05) is 24.7 Å². The minimum Gasteiger partial charge on any atom is -0.507 e. The number of aliphatic carboxylic acids is 1. The summed E-state index contributed by atoms with van der Waals surface area (Å²) < 4.78 is 5.01. The van der Waals surface area contributed by atoms with Gasteiger partial charge in [-0.3, -0.25) is 9.69 Å². The summed E-state index contributed by atoms with van der Waals surface area (Å²) >= 11 is 0. The Morgan fingerprint density at radius 2 is 2.17 bits per heavy atom. The van der Waals surface area contributed by atoms with Crippen LogP contribution < -0.4 is 4.74 Å². The number of phenols is 1. The van der Waals surface area contributed by atoms with Crippen LogP contribution in [-0.4, -0.2) is 41.3 Å². The molecule has 0 fully saturated rings. The maximum absolute atomic E-state index is 10.5. The van der Waals surface area contributed by atoms with Crippen molar-refractivity contribution in [3.05, 3.63) is 23.8 Å². The Labute approximate surface area is 107 Å². The zero-order valence-electron chi connectivity index (χ0n) is 10.7. The molecule has 0 spiro atoms. The highest BCUT2D eigenvalue weighted by Crippen LogP contribution is 2.24. The van der Waals surface area contributed by atoms with Gasteiger partial charge in [-0.15, -0.1) is 0 Å². The van der Waals surface area contributed by atoms with Crippen molar-refractivity contribution in [3.8, 4) is 11.5 Å². The van der Waals surface area contributed by atoms with Gasteiger partial charge >= 0.3 is 5.97 Å². The first-order valence-corrected chi connectivity index (χ1v) is 5.86. The summed E-state index contributed by atoms with van der Waals surface area (Å²) in [5.41, 5.74) is 0.767. The van der Waals surface area contributed by atoms with Crippen molar-refractivity contribution in [1.29, 1.82) is 0 Å². The first-order chi connectivity index (χ1) is 8.56. The standard InChI is InChI=1S/C13H19NO4/c1-3-14(7-6-13(16)17)9-10-4-5-11(18-2)8-12(10)15/h4-5,8,15H,3,6-7,9H2,1-2H3,(H,16,17). The molecule has 100 valence electrons. The molecule has 0 unspecified atom stereocenters. The molecule has 5 heteroatoms. The average Bonchev–Trinajstić information content (AvgIpc) is 2.35. The van der Waals surface area contributed by atoms with E-state index in [4.69, 9.17) is 9.84 Å². The van der Waals surface area contributed by atoms with E-state index >= 15 is 0 Å². The Balaban J connectivity index is 2.66. The van der Waals surface area contributed by atoms with Crippen molar-refractivity contribution >= 4 is 5.97 Å². The van der Waals surface area contributed by atoms with E-state index in [9.17, 15) is 9.90 Å². The van der Waals surface area contributed by atoms with Gasteiger partial charge in [0.1, 0.15) is 11.5 Å². The summed E-state index contributed by atoms with van der Waals surface area (Å²) in [7, 11) is 1.54. The molecule has 1 rings (SSSR count). The minimum absolute atomic E-state index is 0.102. The van der Waals surface area contributed by atoms with Crippen molar-refractivity contribution in [1.82, 2.24) is 4.90 Å². The maximum atomic E-state index is 10.5. The number of benzene rings is 1. The largest absolute Gasteiger partial charge is 0.507 e. The zero-order chi connectivity index (χ0) is 13.5. The van der Waals surface area contributed by atoms with Crippen LogP contribution in [-0.2, 0) is 11.3 Å². The molecule has 1 aromatic rings. The molecule has 0 aliphatic heterocycles. The molecule has 0 radical (unpaired) electrons. The normalized spacial score (nSPS) is 10.6. The lowest BCUT2D eigenvalue weighted by atomic mass is 10.1. The van der Waals surface area contributed by atoms with Crippen LogP contribution in [0.3, 0.4) is 0 Å². The molecule has 0 aliphatic carbocycles. The summed E-state index contributed by atoms with van der Waals surface area (Å²) in [5.74, 6) is -0.0413. The van der Waals surface area contributed by atoms with Gasteiger partial charge in [-0.1, -0.05) is 13.0 Å². The fourth-order valence-corrected chi connectivity index (χ4v) is 1.65. The number of ether oxygens (including phenoxy) is 1. The van der Waals surface area contributed by atoms with Gasteiger partial charge in [0.25, 0.3) is 0 Å². The van der Waals surface area contributed by atoms with Crippen LogP contribution in [0.5, 0.6) is 11.5 Å². The molecule has 0 aromatic heterocycles. The monoisotopic (exact) mass is 253 g/mol. The van der Waals surface area contributed by atoms with Gasteiger partial charge in [0.15, 0.2) is 0 Å². The number of carbonyl (C=O) groups is 1. The van der Waals surface area contributed by atoms with Crippen molar-refractivity contribution in [2.24, 2.45) is 0 Å². The van der Waals surface area contributed by atoms with Crippen molar-refractivity contribution in [3.63, 3.8) is 0 Å². The van der Waals surface area contributed by atoms with Crippen LogP contribution in [0.2, 0.25) is 0 Å².